The number of ketones is 1. The maximum absolute atomic E-state index is 11.6. The summed E-state index contributed by atoms with van der Waals surface area (Å²) >= 11 is 0. The van der Waals surface area contributed by atoms with Gasteiger partial charge in [0.05, 0.1) is 6.10 Å². The molecular formula is C10H18O2. The van der Waals surface area contributed by atoms with Gasteiger partial charge in [-0.3, -0.25) is 4.79 Å². The fourth-order valence-corrected chi connectivity index (χ4v) is 1.53. The van der Waals surface area contributed by atoms with Gasteiger partial charge in [-0.25, -0.2) is 0 Å². The molecule has 0 aromatic carbocycles. The van der Waals surface area contributed by atoms with Crippen molar-refractivity contribution in [2.45, 2.75) is 52.2 Å². The highest BCUT2D eigenvalue weighted by atomic mass is 16.5. The minimum atomic E-state index is -0.102. The SMILES string of the molecule is CCC(C)C(=O)C1CCC(C)O1. The van der Waals surface area contributed by atoms with E-state index in [0.29, 0.717) is 5.78 Å². The molecule has 0 aromatic rings. The Morgan fingerprint density at radius 2 is 2.25 bits per heavy atom. The molecule has 0 aliphatic carbocycles. The Morgan fingerprint density at radius 1 is 1.58 bits per heavy atom. The van der Waals surface area contributed by atoms with Gasteiger partial charge in [0, 0.05) is 5.92 Å². The molecule has 12 heavy (non-hydrogen) atoms. The fourth-order valence-electron chi connectivity index (χ4n) is 1.53. The van der Waals surface area contributed by atoms with Crippen molar-refractivity contribution in [3.05, 3.63) is 0 Å². The first kappa shape index (κ1) is 9.72. The lowest BCUT2D eigenvalue weighted by Crippen LogP contribution is -2.26. The van der Waals surface area contributed by atoms with Gasteiger partial charge >= 0.3 is 0 Å². The van der Waals surface area contributed by atoms with E-state index in [1.807, 2.05) is 20.8 Å². The van der Waals surface area contributed by atoms with Gasteiger partial charge in [-0.05, 0) is 26.2 Å². The van der Waals surface area contributed by atoms with E-state index in [0.717, 1.165) is 19.3 Å². The largest absolute Gasteiger partial charge is 0.367 e. The second-order valence-corrected chi connectivity index (χ2v) is 3.72. The minimum Gasteiger partial charge on any atom is -0.367 e. The van der Waals surface area contributed by atoms with E-state index in [2.05, 4.69) is 0 Å². The number of hydrogen-bond acceptors (Lipinski definition) is 2. The molecule has 1 aliphatic rings. The summed E-state index contributed by atoms with van der Waals surface area (Å²) in [7, 11) is 0. The molecule has 1 saturated heterocycles. The van der Waals surface area contributed by atoms with E-state index in [4.69, 9.17) is 4.74 Å². The van der Waals surface area contributed by atoms with Gasteiger partial charge in [0.25, 0.3) is 0 Å². The summed E-state index contributed by atoms with van der Waals surface area (Å²) in [6, 6.07) is 0. The molecule has 3 unspecified atom stereocenters. The summed E-state index contributed by atoms with van der Waals surface area (Å²) in [6.45, 7) is 6.06. The second-order valence-electron chi connectivity index (χ2n) is 3.72. The molecule has 0 bridgehead atoms. The lowest BCUT2D eigenvalue weighted by molar-refractivity contribution is -0.133. The summed E-state index contributed by atoms with van der Waals surface area (Å²) in [5.41, 5.74) is 0. The molecule has 0 spiro atoms. The molecule has 1 rings (SSSR count). The third kappa shape index (κ3) is 2.07. The number of hydrogen-bond donors (Lipinski definition) is 0. The summed E-state index contributed by atoms with van der Waals surface area (Å²) in [4.78, 5) is 11.6. The predicted octanol–water partition coefficient (Wildman–Crippen LogP) is 2.17. The number of rotatable bonds is 3. The van der Waals surface area contributed by atoms with Gasteiger partial charge in [-0.15, -0.1) is 0 Å². The number of Topliss-reactive ketones (excluding diaryl/α,β-unsaturated/α-hetero) is 1. The molecule has 2 nitrogen and oxygen atoms in total. The predicted molar refractivity (Wildman–Crippen MR) is 48.0 cm³/mol. The van der Waals surface area contributed by atoms with Crippen LogP contribution in [0.15, 0.2) is 0 Å². The summed E-state index contributed by atoms with van der Waals surface area (Å²) < 4.78 is 5.50. The van der Waals surface area contributed by atoms with Crippen molar-refractivity contribution in [1.29, 1.82) is 0 Å². The van der Waals surface area contributed by atoms with Gasteiger partial charge in [0.15, 0.2) is 5.78 Å². The van der Waals surface area contributed by atoms with Crippen LogP contribution in [0, 0.1) is 5.92 Å². The van der Waals surface area contributed by atoms with E-state index >= 15 is 0 Å². The molecular weight excluding hydrogens is 152 g/mol. The Kier molecular flexibility index (Phi) is 3.27. The maximum atomic E-state index is 11.6. The summed E-state index contributed by atoms with van der Waals surface area (Å²) in [6.07, 6.45) is 3.06. The van der Waals surface area contributed by atoms with Crippen LogP contribution in [0.2, 0.25) is 0 Å². The van der Waals surface area contributed by atoms with Crippen molar-refractivity contribution in [3.63, 3.8) is 0 Å². The average molecular weight is 170 g/mol. The average Bonchev–Trinajstić information content (AvgIpc) is 2.49. The highest BCUT2D eigenvalue weighted by Crippen LogP contribution is 2.22. The van der Waals surface area contributed by atoms with Gasteiger partial charge in [-0.1, -0.05) is 13.8 Å². The van der Waals surface area contributed by atoms with Crippen molar-refractivity contribution in [1.82, 2.24) is 0 Å². The van der Waals surface area contributed by atoms with Crippen LogP contribution in [-0.4, -0.2) is 18.0 Å². The summed E-state index contributed by atoms with van der Waals surface area (Å²) in [5.74, 6) is 0.460. The Bertz CT molecular complexity index is 165. The van der Waals surface area contributed by atoms with Crippen LogP contribution in [-0.2, 0) is 9.53 Å². The van der Waals surface area contributed by atoms with Gasteiger partial charge in [0.1, 0.15) is 6.10 Å². The van der Waals surface area contributed by atoms with E-state index in [-0.39, 0.29) is 18.1 Å². The molecule has 0 amide bonds. The third-order valence-corrected chi connectivity index (χ3v) is 2.65. The second kappa shape index (κ2) is 4.04. The van der Waals surface area contributed by atoms with Crippen molar-refractivity contribution in [2.24, 2.45) is 5.92 Å². The van der Waals surface area contributed by atoms with Crippen LogP contribution in [0.25, 0.3) is 0 Å². The third-order valence-electron chi connectivity index (χ3n) is 2.65. The van der Waals surface area contributed by atoms with Crippen LogP contribution < -0.4 is 0 Å². The molecule has 1 aliphatic heterocycles. The van der Waals surface area contributed by atoms with E-state index in [1.165, 1.54) is 0 Å². The molecule has 0 aromatic heterocycles. The number of carbonyl (C=O) groups excluding carboxylic acids is 1. The van der Waals surface area contributed by atoms with Crippen LogP contribution in [0.5, 0.6) is 0 Å². The first-order valence-corrected chi connectivity index (χ1v) is 4.84. The standard InChI is InChI=1S/C10H18O2/c1-4-7(2)10(11)9-6-5-8(3)12-9/h7-9H,4-6H2,1-3H3. The number of ether oxygens (including phenoxy) is 1. The topological polar surface area (TPSA) is 26.3 Å². The Balaban J connectivity index is 2.43. The molecule has 1 heterocycles. The fraction of sp³-hybridized carbons (Fsp3) is 0.900. The summed E-state index contributed by atoms with van der Waals surface area (Å²) in [5, 5.41) is 0. The first-order chi connectivity index (χ1) is 5.65. The Hall–Kier alpha value is -0.370. The van der Waals surface area contributed by atoms with E-state index < -0.39 is 0 Å². The lowest BCUT2D eigenvalue weighted by atomic mass is 9.98. The van der Waals surface area contributed by atoms with Crippen LogP contribution in [0.1, 0.15) is 40.0 Å². The van der Waals surface area contributed by atoms with Crippen molar-refractivity contribution in [2.75, 3.05) is 0 Å². The monoisotopic (exact) mass is 170 g/mol. The van der Waals surface area contributed by atoms with Gasteiger partial charge in [0.2, 0.25) is 0 Å². The Labute approximate surface area is 74.3 Å². The molecule has 0 N–H and O–H groups in total. The van der Waals surface area contributed by atoms with Crippen molar-refractivity contribution in [3.8, 4) is 0 Å². The maximum Gasteiger partial charge on any atom is 0.164 e. The van der Waals surface area contributed by atoms with E-state index in [1.54, 1.807) is 0 Å². The molecule has 0 saturated carbocycles. The lowest BCUT2D eigenvalue weighted by Gasteiger charge is -2.13. The quantitative estimate of drug-likeness (QED) is 0.649. The zero-order valence-electron chi connectivity index (χ0n) is 8.17. The normalized spacial score (nSPS) is 31.9. The Morgan fingerprint density at radius 3 is 2.67 bits per heavy atom. The zero-order chi connectivity index (χ0) is 9.14. The smallest absolute Gasteiger partial charge is 0.164 e. The molecule has 2 heteroatoms. The minimum absolute atomic E-state index is 0.102. The molecule has 70 valence electrons. The van der Waals surface area contributed by atoms with Crippen LogP contribution >= 0.6 is 0 Å². The van der Waals surface area contributed by atoms with Gasteiger partial charge in [-0.2, -0.15) is 0 Å². The molecule has 0 radical (unpaired) electrons. The number of carbonyl (C=O) groups is 1. The van der Waals surface area contributed by atoms with E-state index in [9.17, 15) is 4.79 Å². The van der Waals surface area contributed by atoms with Crippen molar-refractivity contribution < 1.29 is 9.53 Å². The zero-order valence-corrected chi connectivity index (χ0v) is 8.17. The van der Waals surface area contributed by atoms with Crippen molar-refractivity contribution >= 4 is 5.78 Å². The molecule has 1 fully saturated rings. The van der Waals surface area contributed by atoms with Gasteiger partial charge < -0.3 is 4.74 Å². The first-order valence-electron chi connectivity index (χ1n) is 4.84. The highest BCUT2D eigenvalue weighted by molar-refractivity contribution is 5.85. The molecule has 3 atom stereocenters. The van der Waals surface area contributed by atoms with Crippen LogP contribution in [0.4, 0.5) is 0 Å². The van der Waals surface area contributed by atoms with Crippen LogP contribution in [0.3, 0.4) is 0 Å². The highest BCUT2D eigenvalue weighted by Gasteiger charge is 2.30.